The van der Waals surface area contributed by atoms with Crippen LogP contribution < -0.4 is 0 Å². The van der Waals surface area contributed by atoms with Crippen LogP contribution in [-0.4, -0.2) is 36.1 Å². The van der Waals surface area contributed by atoms with Gasteiger partial charge in [-0.25, -0.2) is 0 Å². The van der Waals surface area contributed by atoms with Gasteiger partial charge in [0.2, 0.25) is 0 Å². The van der Waals surface area contributed by atoms with E-state index in [9.17, 15) is 18.4 Å². The maximum atomic E-state index is 12.0. The number of nitrogens with zero attached hydrogens (tertiary/aromatic N) is 1. The summed E-state index contributed by atoms with van der Waals surface area (Å²) >= 11 is 0. The van der Waals surface area contributed by atoms with E-state index in [1.54, 1.807) is 0 Å². The molecule has 1 aliphatic rings. The van der Waals surface area contributed by atoms with Crippen molar-refractivity contribution < 1.29 is 18.4 Å². The first-order valence-corrected chi connectivity index (χ1v) is 4.59. The molecule has 1 rings (SSSR count). The van der Waals surface area contributed by atoms with Gasteiger partial charge < -0.3 is 4.90 Å². The van der Waals surface area contributed by atoms with Gasteiger partial charge in [0, 0.05) is 19.0 Å². The van der Waals surface area contributed by atoms with Crippen molar-refractivity contribution in [1.82, 2.24) is 4.90 Å². The Kier molecular flexibility index (Phi) is 3.55. The van der Waals surface area contributed by atoms with Crippen LogP contribution in [0.25, 0.3) is 0 Å². The number of amides is 1. The lowest BCUT2D eigenvalue weighted by atomic mass is 9.93. The van der Waals surface area contributed by atoms with Crippen molar-refractivity contribution >= 4 is 11.7 Å². The van der Waals surface area contributed by atoms with Gasteiger partial charge in [0.1, 0.15) is 5.78 Å². The summed E-state index contributed by atoms with van der Waals surface area (Å²) in [6.07, 6.45) is -1.91. The summed E-state index contributed by atoms with van der Waals surface area (Å²) in [4.78, 5) is 23.0. The first-order valence-electron chi connectivity index (χ1n) is 4.59. The Morgan fingerprint density at radius 1 is 1.29 bits per heavy atom. The third kappa shape index (κ3) is 2.49. The van der Waals surface area contributed by atoms with Crippen LogP contribution in [0.4, 0.5) is 8.78 Å². The number of likely N-dealkylation sites (tertiary alicyclic amines) is 1. The van der Waals surface area contributed by atoms with Gasteiger partial charge in [0.15, 0.2) is 0 Å². The molecule has 0 saturated carbocycles. The minimum atomic E-state index is -2.93. The smallest absolute Gasteiger partial charge is 0.315 e. The van der Waals surface area contributed by atoms with Crippen LogP contribution in [0.3, 0.4) is 0 Å². The quantitative estimate of drug-likeness (QED) is 0.676. The van der Waals surface area contributed by atoms with Crippen LogP contribution >= 0.6 is 0 Å². The van der Waals surface area contributed by atoms with Crippen LogP contribution in [0.1, 0.15) is 19.8 Å². The number of piperidine rings is 1. The van der Waals surface area contributed by atoms with Crippen LogP contribution in [-0.2, 0) is 9.59 Å². The average Bonchev–Trinajstić information content (AvgIpc) is 2.16. The highest BCUT2D eigenvalue weighted by atomic mass is 19.3. The molecule has 5 heteroatoms. The van der Waals surface area contributed by atoms with Crippen molar-refractivity contribution in [2.24, 2.45) is 5.92 Å². The molecule has 0 bridgehead atoms. The highest BCUT2D eigenvalue weighted by Gasteiger charge is 2.29. The molecule has 0 N–H and O–H groups in total. The lowest BCUT2D eigenvalue weighted by molar-refractivity contribution is -0.145. The first-order chi connectivity index (χ1) is 6.52. The predicted molar refractivity (Wildman–Crippen MR) is 46.0 cm³/mol. The Morgan fingerprint density at radius 2 is 1.79 bits per heavy atom. The second-order valence-electron chi connectivity index (χ2n) is 3.51. The molecule has 0 atom stereocenters. The Bertz CT molecular complexity index is 235. The molecular weight excluding hydrogens is 192 g/mol. The molecule has 0 radical (unpaired) electrons. The monoisotopic (exact) mass is 205 g/mol. The summed E-state index contributed by atoms with van der Waals surface area (Å²) in [7, 11) is 0. The van der Waals surface area contributed by atoms with Gasteiger partial charge in [0.25, 0.3) is 5.91 Å². The van der Waals surface area contributed by atoms with Crippen LogP contribution in [0, 0.1) is 5.92 Å². The van der Waals surface area contributed by atoms with Gasteiger partial charge in [-0.1, -0.05) is 0 Å². The molecule has 0 aromatic rings. The largest absolute Gasteiger partial charge is 0.338 e. The third-order valence-electron chi connectivity index (χ3n) is 2.57. The van der Waals surface area contributed by atoms with Crippen molar-refractivity contribution in [2.75, 3.05) is 13.1 Å². The molecular formula is C9H13F2NO2. The maximum absolute atomic E-state index is 12.0. The number of ketones is 1. The van der Waals surface area contributed by atoms with Crippen molar-refractivity contribution in [3.63, 3.8) is 0 Å². The minimum Gasteiger partial charge on any atom is -0.338 e. The normalized spacial score (nSPS) is 18.7. The van der Waals surface area contributed by atoms with E-state index < -0.39 is 12.3 Å². The van der Waals surface area contributed by atoms with E-state index in [1.807, 2.05) is 0 Å². The second-order valence-corrected chi connectivity index (χ2v) is 3.51. The van der Waals surface area contributed by atoms with Crippen molar-refractivity contribution in [3.05, 3.63) is 0 Å². The number of carbonyl (C=O) groups excluding carboxylic acids is 2. The third-order valence-corrected chi connectivity index (χ3v) is 2.57. The highest BCUT2D eigenvalue weighted by Crippen LogP contribution is 2.19. The van der Waals surface area contributed by atoms with Crippen LogP contribution in [0.5, 0.6) is 0 Å². The van der Waals surface area contributed by atoms with Crippen LogP contribution in [0.15, 0.2) is 0 Å². The van der Waals surface area contributed by atoms with E-state index in [-0.39, 0.29) is 24.8 Å². The molecule has 80 valence electrons. The molecule has 3 nitrogen and oxygen atoms in total. The molecule has 1 amide bonds. The van der Waals surface area contributed by atoms with Gasteiger partial charge in [-0.3, -0.25) is 9.59 Å². The summed E-state index contributed by atoms with van der Waals surface area (Å²) < 4.78 is 24.0. The zero-order chi connectivity index (χ0) is 10.7. The molecule has 0 spiro atoms. The van der Waals surface area contributed by atoms with Crippen molar-refractivity contribution in [2.45, 2.75) is 26.2 Å². The summed E-state index contributed by atoms with van der Waals surface area (Å²) in [6, 6.07) is 0. The number of halogens is 2. The SMILES string of the molecule is CC(=O)C1CCN(C(=O)C(F)F)CC1. The van der Waals surface area contributed by atoms with Gasteiger partial charge in [-0.2, -0.15) is 8.78 Å². The molecule has 1 heterocycles. The predicted octanol–water partition coefficient (Wildman–Crippen LogP) is 1.08. The number of rotatable bonds is 2. The van der Waals surface area contributed by atoms with E-state index in [2.05, 4.69) is 0 Å². The molecule has 0 unspecified atom stereocenters. The van der Waals surface area contributed by atoms with E-state index in [0.29, 0.717) is 12.8 Å². The van der Waals surface area contributed by atoms with E-state index in [1.165, 1.54) is 6.92 Å². The summed E-state index contributed by atoms with van der Waals surface area (Å²) in [6.45, 7) is 2.04. The second kappa shape index (κ2) is 4.48. The molecule has 0 aromatic carbocycles. The summed E-state index contributed by atoms with van der Waals surface area (Å²) in [5, 5.41) is 0. The van der Waals surface area contributed by atoms with Gasteiger partial charge >= 0.3 is 6.43 Å². The molecule has 0 aliphatic carbocycles. The standard InChI is InChI=1S/C9H13F2NO2/c1-6(13)7-2-4-12(5-3-7)9(14)8(10)11/h7-8H,2-5H2,1H3. The highest BCUT2D eigenvalue weighted by molar-refractivity contribution is 5.81. The van der Waals surface area contributed by atoms with Gasteiger partial charge in [0.05, 0.1) is 0 Å². The lowest BCUT2D eigenvalue weighted by Crippen LogP contribution is -2.42. The maximum Gasteiger partial charge on any atom is 0.315 e. The molecule has 1 fully saturated rings. The number of Topliss-reactive ketones (excluding diaryl/α,β-unsaturated/α-hetero) is 1. The van der Waals surface area contributed by atoms with Gasteiger partial charge in [-0.15, -0.1) is 0 Å². The van der Waals surface area contributed by atoms with Gasteiger partial charge in [-0.05, 0) is 19.8 Å². The number of alkyl halides is 2. The fourth-order valence-electron chi connectivity index (χ4n) is 1.64. The first kappa shape index (κ1) is 11.1. The zero-order valence-corrected chi connectivity index (χ0v) is 8.00. The number of hydrogen-bond donors (Lipinski definition) is 0. The average molecular weight is 205 g/mol. The number of hydrogen-bond acceptors (Lipinski definition) is 2. The van der Waals surface area contributed by atoms with E-state index in [0.717, 1.165) is 4.90 Å². The zero-order valence-electron chi connectivity index (χ0n) is 8.00. The molecule has 14 heavy (non-hydrogen) atoms. The van der Waals surface area contributed by atoms with Crippen molar-refractivity contribution in [3.8, 4) is 0 Å². The summed E-state index contributed by atoms with van der Waals surface area (Å²) in [5.74, 6) is -1.10. The Morgan fingerprint density at radius 3 is 2.14 bits per heavy atom. The molecule has 1 aliphatic heterocycles. The Labute approximate surface area is 81.1 Å². The summed E-state index contributed by atoms with van der Waals surface area (Å²) in [5.41, 5.74) is 0. The van der Waals surface area contributed by atoms with E-state index >= 15 is 0 Å². The van der Waals surface area contributed by atoms with Crippen LogP contribution in [0.2, 0.25) is 0 Å². The van der Waals surface area contributed by atoms with E-state index in [4.69, 9.17) is 0 Å². The fourth-order valence-corrected chi connectivity index (χ4v) is 1.64. The minimum absolute atomic E-state index is 0.0586. The Hall–Kier alpha value is -1.00. The molecule has 1 saturated heterocycles. The fraction of sp³-hybridized carbons (Fsp3) is 0.778. The Balaban J connectivity index is 2.43. The van der Waals surface area contributed by atoms with Crippen molar-refractivity contribution in [1.29, 1.82) is 0 Å². The topological polar surface area (TPSA) is 37.4 Å². The molecule has 0 aromatic heterocycles. The number of carbonyl (C=O) groups is 2. The lowest BCUT2D eigenvalue weighted by Gasteiger charge is -2.30.